The van der Waals surface area contributed by atoms with Crippen LogP contribution in [0.3, 0.4) is 0 Å². The van der Waals surface area contributed by atoms with E-state index in [1.54, 1.807) is 0 Å². The summed E-state index contributed by atoms with van der Waals surface area (Å²) >= 11 is 0. The Kier molecular flexibility index (Phi) is 3.64. The minimum atomic E-state index is -0.217. The van der Waals surface area contributed by atoms with Gasteiger partial charge < -0.3 is 5.11 Å². The van der Waals surface area contributed by atoms with E-state index in [-0.39, 0.29) is 22.3 Å². The molecule has 0 aromatic carbocycles. The van der Waals surface area contributed by atoms with Crippen molar-refractivity contribution in [3.8, 4) is 0 Å². The van der Waals surface area contributed by atoms with E-state index in [0.717, 1.165) is 37.0 Å². The molecule has 0 aromatic rings. The lowest BCUT2D eigenvalue weighted by atomic mass is 9.45. The maximum Gasteiger partial charge on any atom is 0.155 e. The number of allylic oxidation sites excluding steroid dienone is 1. The second-order valence-corrected chi connectivity index (χ2v) is 10.1. The summed E-state index contributed by atoms with van der Waals surface area (Å²) in [5.41, 5.74) is 2.08. The fraction of sp³-hybridized carbons (Fsp3) is 0.864. The Balaban J connectivity index is 1.69. The molecule has 0 bridgehead atoms. The Morgan fingerprint density at radius 1 is 1.04 bits per heavy atom. The Morgan fingerprint density at radius 2 is 1.75 bits per heavy atom. The van der Waals surface area contributed by atoms with Crippen LogP contribution in [0, 0.1) is 34.0 Å². The van der Waals surface area contributed by atoms with Crippen molar-refractivity contribution in [1.29, 1.82) is 0 Å². The van der Waals surface area contributed by atoms with Gasteiger partial charge in [0.05, 0.1) is 6.10 Å². The predicted molar refractivity (Wildman–Crippen MR) is 96.5 cm³/mol. The number of ketones is 1. The van der Waals surface area contributed by atoms with E-state index in [1.165, 1.54) is 37.7 Å². The fourth-order valence-corrected chi connectivity index (χ4v) is 7.55. The molecule has 7 atom stereocenters. The number of hydrogen-bond donors (Lipinski definition) is 1. The van der Waals surface area contributed by atoms with Crippen LogP contribution in [-0.4, -0.2) is 17.0 Å². The molecule has 4 aliphatic carbocycles. The number of aliphatic hydroxyl groups excluding tert-OH is 1. The van der Waals surface area contributed by atoms with E-state index in [1.807, 2.05) is 13.0 Å². The monoisotopic (exact) mass is 330 g/mol. The molecular weight excluding hydrogens is 296 g/mol. The highest BCUT2D eigenvalue weighted by atomic mass is 16.3. The third kappa shape index (κ3) is 1.95. The van der Waals surface area contributed by atoms with Gasteiger partial charge in [0.1, 0.15) is 0 Å². The third-order valence-corrected chi connectivity index (χ3v) is 9.55. The second-order valence-electron chi connectivity index (χ2n) is 10.1. The average Bonchev–Trinajstić information content (AvgIpc) is 2.81. The first-order valence-electron chi connectivity index (χ1n) is 10.1. The minimum Gasteiger partial charge on any atom is -0.393 e. The van der Waals surface area contributed by atoms with E-state index in [2.05, 4.69) is 20.8 Å². The Hall–Kier alpha value is -0.630. The molecule has 0 saturated heterocycles. The highest BCUT2D eigenvalue weighted by molar-refractivity contribution is 5.91. The lowest BCUT2D eigenvalue weighted by Gasteiger charge is -2.60. The molecule has 0 heterocycles. The van der Waals surface area contributed by atoms with Gasteiger partial charge in [0.15, 0.2) is 5.78 Å². The quantitative estimate of drug-likeness (QED) is 0.742. The summed E-state index contributed by atoms with van der Waals surface area (Å²) in [4.78, 5) is 11.9. The molecule has 3 fully saturated rings. The first-order chi connectivity index (χ1) is 11.2. The summed E-state index contributed by atoms with van der Waals surface area (Å²) in [5.74, 6) is 2.65. The van der Waals surface area contributed by atoms with E-state index < -0.39 is 0 Å². The van der Waals surface area contributed by atoms with Gasteiger partial charge in [-0.3, -0.25) is 4.79 Å². The predicted octanol–water partition coefficient (Wildman–Crippen LogP) is 4.91. The summed E-state index contributed by atoms with van der Waals surface area (Å²) in [6, 6.07) is 0. The van der Waals surface area contributed by atoms with E-state index >= 15 is 0 Å². The average molecular weight is 331 g/mol. The molecule has 3 unspecified atom stereocenters. The molecule has 3 saturated carbocycles. The molecular formula is C22H34O2. The van der Waals surface area contributed by atoms with Crippen molar-refractivity contribution in [2.24, 2.45) is 34.0 Å². The number of hydrogen-bond acceptors (Lipinski definition) is 2. The van der Waals surface area contributed by atoms with Gasteiger partial charge in [0.25, 0.3) is 0 Å². The summed E-state index contributed by atoms with van der Waals surface area (Å²) in [6.07, 6.45) is 11.0. The van der Waals surface area contributed by atoms with Crippen molar-refractivity contribution in [2.75, 3.05) is 0 Å². The zero-order valence-electron chi connectivity index (χ0n) is 15.9. The van der Waals surface area contributed by atoms with Crippen LogP contribution < -0.4 is 0 Å². The normalized spacial score (nSPS) is 52.1. The molecule has 134 valence electrons. The zero-order chi connectivity index (χ0) is 17.3. The van der Waals surface area contributed by atoms with Crippen molar-refractivity contribution in [3.05, 3.63) is 11.6 Å². The van der Waals surface area contributed by atoms with E-state index in [4.69, 9.17) is 0 Å². The zero-order valence-corrected chi connectivity index (χ0v) is 15.9. The van der Waals surface area contributed by atoms with Gasteiger partial charge >= 0.3 is 0 Å². The lowest BCUT2D eigenvalue weighted by Crippen LogP contribution is -2.54. The van der Waals surface area contributed by atoms with Crippen molar-refractivity contribution in [3.63, 3.8) is 0 Å². The van der Waals surface area contributed by atoms with Gasteiger partial charge in [-0.15, -0.1) is 0 Å². The SMILES string of the molecule is C[C@@H](O)[C@]1(C)CCC2C3CCC4=CC(=O)CC[C@]4(C)C3CC[C@@]21C. The smallest absolute Gasteiger partial charge is 0.155 e. The van der Waals surface area contributed by atoms with Crippen molar-refractivity contribution >= 4 is 5.78 Å². The van der Waals surface area contributed by atoms with Gasteiger partial charge in [0.2, 0.25) is 0 Å². The lowest BCUT2D eigenvalue weighted by molar-refractivity contribution is -0.121. The minimum absolute atomic E-state index is 0.0716. The Morgan fingerprint density at radius 3 is 2.46 bits per heavy atom. The van der Waals surface area contributed by atoms with Crippen LogP contribution in [0.4, 0.5) is 0 Å². The number of aliphatic hydroxyl groups is 1. The largest absolute Gasteiger partial charge is 0.393 e. The molecule has 0 aromatic heterocycles. The summed E-state index contributed by atoms with van der Waals surface area (Å²) in [7, 11) is 0. The van der Waals surface area contributed by atoms with Crippen molar-refractivity contribution < 1.29 is 9.90 Å². The molecule has 2 nitrogen and oxygen atoms in total. The maximum absolute atomic E-state index is 11.9. The number of rotatable bonds is 1. The van der Waals surface area contributed by atoms with Crippen LogP contribution in [0.15, 0.2) is 11.6 Å². The molecule has 2 heteroatoms. The second kappa shape index (κ2) is 5.19. The third-order valence-electron chi connectivity index (χ3n) is 9.55. The first kappa shape index (κ1) is 16.8. The summed E-state index contributed by atoms with van der Waals surface area (Å²) in [5, 5.41) is 10.5. The summed E-state index contributed by atoms with van der Waals surface area (Å²) < 4.78 is 0. The topological polar surface area (TPSA) is 37.3 Å². The van der Waals surface area contributed by atoms with Crippen LogP contribution in [0.1, 0.15) is 79.1 Å². The van der Waals surface area contributed by atoms with Gasteiger partial charge in [-0.2, -0.15) is 0 Å². The van der Waals surface area contributed by atoms with Crippen LogP contribution >= 0.6 is 0 Å². The highest BCUT2D eigenvalue weighted by Crippen LogP contribution is 2.70. The molecule has 0 aliphatic heterocycles. The number of carbonyl (C=O) groups excluding carboxylic acids is 1. The number of carbonyl (C=O) groups is 1. The van der Waals surface area contributed by atoms with Gasteiger partial charge in [-0.25, -0.2) is 0 Å². The molecule has 0 radical (unpaired) electrons. The molecule has 4 rings (SSSR count). The Bertz CT molecular complexity index is 591. The molecule has 1 N–H and O–H groups in total. The van der Waals surface area contributed by atoms with E-state index in [0.29, 0.717) is 5.78 Å². The van der Waals surface area contributed by atoms with Crippen LogP contribution in [0.25, 0.3) is 0 Å². The van der Waals surface area contributed by atoms with Crippen LogP contribution in [0.2, 0.25) is 0 Å². The standard InChI is InChI=1S/C22H34O2/c1-14(23)21(3)11-9-19-17-6-5-15-13-16(24)7-10-20(15,2)18(17)8-12-22(19,21)4/h13-14,17-19,23H,5-12H2,1-4H3/t14-,17?,18?,19?,20+,21+,22+/m1/s1. The van der Waals surface area contributed by atoms with Crippen molar-refractivity contribution in [1.82, 2.24) is 0 Å². The fourth-order valence-electron chi connectivity index (χ4n) is 7.55. The first-order valence-corrected chi connectivity index (χ1v) is 10.1. The molecule has 0 spiro atoms. The highest BCUT2D eigenvalue weighted by Gasteiger charge is 2.63. The Labute approximate surface area is 147 Å². The van der Waals surface area contributed by atoms with Crippen molar-refractivity contribution in [2.45, 2.75) is 85.2 Å². The molecule has 4 aliphatic rings. The van der Waals surface area contributed by atoms with E-state index in [9.17, 15) is 9.90 Å². The van der Waals surface area contributed by atoms with Crippen LogP contribution in [0.5, 0.6) is 0 Å². The molecule has 24 heavy (non-hydrogen) atoms. The van der Waals surface area contributed by atoms with Gasteiger partial charge in [0, 0.05) is 6.42 Å². The summed E-state index contributed by atoms with van der Waals surface area (Å²) in [6.45, 7) is 9.28. The molecule has 0 amide bonds. The van der Waals surface area contributed by atoms with Gasteiger partial charge in [-0.05, 0) is 91.9 Å². The van der Waals surface area contributed by atoms with Crippen LogP contribution in [-0.2, 0) is 4.79 Å². The van der Waals surface area contributed by atoms with Gasteiger partial charge in [-0.1, -0.05) is 26.3 Å². The maximum atomic E-state index is 11.9. The number of fused-ring (bicyclic) bond motifs is 5.